The molecule has 1 aromatic heterocycles. The van der Waals surface area contributed by atoms with Crippen molar-refractivity contribution in [3.05, 3.63) is 16.0 Å². The minimum absolute atomic E-state index is 0. The summed E-state index contributed by atoms with van der Waals surface area (Å²) in [7, 11) is 2.12. The lowest BCUT2D eigenvalue weighted by atomic mass is 9.88. The van der Waals surface area contributed by atoms with Gasteiger partial charge in [0.1, 0.15) is 11.1 Å². The molecule has 1 aromatic rings. The Morgan fingerprint density at radius 1 is 1.50 bits per heavy atom. The van der Waals surface area contributed by atoms with Crippen LogP contribution in [-0.4, -0.2) is 17.5 Å². The highest BCUT2D eigenvalue weighted by Gasteiger charge is 2.33. The molecule has 0 aromatic carbocycles. The van der Waals surface area contributed by atoms with Crippen LogP contribution in [0.25, 0.3) is 0 Å². The maximum absolute atomic E-state index is 9.06. The summed E-state index contributed by atoms with van der Waals surface area (Å²) in [5, 5.41) is 9.74. The Balaban J connectivity index is 0.00000128. The number of nitrogen functional groups attached to an aromatic ring is 1. The number of nitrogens with zero attached hydrogens (tertiary/aromatic N) is 2. The monoisotopic (exact) mass is 257 g/mol. The summed E-state index contributed by atoms with van der Waals surface area (Å²) in [6.45, 7) is 5.30. The zero-order valence-electron chi connectivity index (χ0n) is 9.70. The Morgan fingerprint density at radius 2 is 2.12 bits per heavy atom. The standard InChI is InChI=1S/C11H15N3S.ClH/c1-11(2)4-7-8(5-12)10(13)15-9(7)6-14(11)3;/h4,6,13H2,1-3H3;1H. The largest absolute Gasteiger partial charge is 0.389 e. The van der Waals surface area contributed by atoms with Gasteiger partial charge < -0.3 is 5.73 Å². The zero-order chi connectivity index (χ0) is 11.2. The summed E-state index contributed by atoms with van der Waals surface area (Å²) in [4.78, 5) is 3.57. The number of hydrogen-bond acceptors (Lipinski definition) is 4. The lowest BCUT2D eigenvalue weighted by Gasteiger charge is -2.39. The van der Waals surface area contributed by atoms with Gasteiger partial charge >= 0.3 is 0 Å². The number of halogens is 1. The topological polar surface area (TPSA) is 53.0 Å². The molecule has 0 spiro atoms. The first kappa shape index (κ1) is 13.3. The Morgan fingerprint density at radius 3 is 2.69 bits per heavy atom. The highest BCUT2D eigenvalue weighted by molar-refractivity contribution is 7.16. The second-order valence-corrected chi connectivity index (χ2v) is 5.84. The molecule has 0 saturated carbocycles. The first-order valence-corrected chi connectivity index (χ1v) is 5.78. The molecule has 0 amide bonds. The van der Waals surface area contributed by atoms with Crippen LogP contribution in [0, 0.1) is 11.3 Å². The molecule has 2 rings (SSSR count). The molecule has 0 atom stereocenters. The zero-order valence-corrected chi connectivity index (χ0v) is 11.3. The SMILES string of the molecule is CN1Cc2sc(N)c(C#N)c2CC1(C)C.Cl. The normalized spacial score (nSPS) is 18.4. The molecular formula is C11H16ClN3S. The van der Waals surface area contributed by atoms with Gasteiger partial charge in [-0.3, -0.25) is 4.90 Å². The van der Waals surface area contributed by atoms with Crippen molar-refractivity contribution < 1.29 is 0 Å². The van der Waals surface area contributed by atoms with Crippen LogP contribution in [0.4, 0.5) is 5.00 Å². The van der Waals surface area contributed by atoms with Gasteiger partial charge in [0.25, 0.3) is 0 Å². The quantitative estimate of drug-likeness (QED) is 0.777. The average Bonchev–Trinajstić information content (AvgIpc) is 2.41. The van der Waals surface area contributed by atoms with Crippen LogP contribution in [-0.2, 0) is 13.0 Å². The summed E-state index contributed by atoms with van der Waals surface area (Å²) in [5.41, 5.74) is 7.83. The molecule has 1 aliphatic rings. The van der Waals surface area contributed by atoms with E-state index in [1.54, 1.807) is 11.3 Å². The van der Waals surface area contributed by atoms with Crippen molar-refractivity contribution in [3.8, 4) is 6.07 Å². The number of nitriles is 1. The number of likely N-dealkylation sites (N-methyl/N-ethyl adjacent to an activating group) is 1. The molecule has 0 radical (unpaired) electrons. The molecule has 2 N–H and O–H groups in total. The molecule has 5 heteroatoms. The Labute approximate surface area is 106 Å². The van der Waals surface area contributed by atoms with Gasteiger partial charge in [-0.25, -0.2) is 0 Å². The van der Waals surface area contributed by atoms with Gasteiger partial charge in [0.2, 0.25) is 0 Å². The van der Waals surface area contributed by atoms with Crippen molar-refractivity contribution in [2.45, 2.75) is 32.4 Å². The van der Waals surface area contributed by atoms with Gasteiger partial charge in [-0.2, -0.15) is 5.26 Å². The molecule has 2 heterocycles. The Bertz CT molecular complexity index is 445. The van der Waals surface area contributed by atoms with Crippen LogP contribution < -0.4 is 5.73 Å². The maximum atomic E-state index is 9.06. The van der Waals surface area contributed by atoms with E-state index in [0.29, 0.717) is 10.6 Å². The number of nitrogens with two attached hydrogens (primary N) is 1. The maximum Gasteiger partial charge on any atom is 0.104 e. The predicted octanol–water partition coefficient (Wildman–Crippen LogP) is 2.39. The van der Waals surface area contributed by atoms with Crippen LogP contribution in [0.5, 0.6) is 0 Å². The van der Waals surface area contributed by atoms with E-state index in [9.17, 15) is 0 Å². The molecule has 0 saturated heterocycles. The molecule has 1 aliphatic heterocycles. The summed E-state index contributed by atoms with van der Waals surface area (Å²) in [6, 6.07) is 2.22. The molecular weight excluding hydrogens is 242 g/mol. The number of fused-ring (bicyclic) bond motifs is 1. The van der Waals surface area contributed by atoms with E-state index in [4.69, 9.17) is 11.0 Å². The molecule has 88 valence electrons. The van der Waals surface area contributed by atoms with Gasteiger partial charge in [-0.15, -0.1) is 23.7 Å². The summed E-state index contributed by atoms with van der Waals surface area (Å²) < 4.78 is 0. The molecule has 0 fully saturated rings. The third kappa shape index (κ3) is 1.91. The minimum atomic E-state index is 0. The third-order valence-electron chi connectivity index (χ3n) is 3.25. The summed E-state index contributed by atoms with van der Waals surface area (Å²) in [5.74, 6) is 0. The van der Waals surface area contributed by atoms with Crippen LogP contribution in [0.1, 0.15) is 29.9 Å². The van der Waals surface area contributed by atoms with Crippen molar-refractivity contribution in [1.29, 1.82) is 5.26 Å². The first-order valence-electron chi connectivity index (χ1n) is 4.97. The van der Waals surface area contributed by atoms with Crippen molar-refractivity contribution in [2.24, 2.45) is 0 Å². The third-order valence-corrected chi connectivity index (χ3v) is 4.30. The highest BCUT2D eigenvalue weighted by Crippen LogP contribution is 2.39. The Hall–Kier alpha value is -0.760. The van der Waals surface area contributed by atoms with Crippen LogP contribution >= 0.6 is 23.7 Å². The molecule has 16 heavy (non-hydrogen) atoms. The first-order chi connectivity index (χ1) is 6.95. The minimum Gasteiger partial charge on any atom is -0.389 e. The molecule has 3 nitrogen and oxygen atoms in total. The average molecular weight is 258 g/mol. The van der Waals surface area contributed by atoms with Gasteiger partial charge in [0, 0.05) is 17.0 Å². The van der Waals surface area contributed by atoms with E-state index in [1.807, 2.05) is 0 Å². The van der Waals surface area contributed by atoms with Crippen LogP contribution in [0.15, 0.2) is 0 Å². The second kappa shape index (κ2) is 4.25. The number of anilines is 1. The number of thiophene rings is 1. The van der Waals surface area contributed by atoms with Crippen molar-refractivity contribution in [3.63, 3.8) is 0 Å². The van der Waals surface area contributed by atoms with E-state index >= 15 is 0 Å². The fourth-order valence-electron chi connectivity index (χ4n) is 1.97. The lowest BCUT2D eigenvalue weighted by Crippen LogP contribution is -2.45. The lowest BCUT2D eigenvalue weighted by molar-refractivity contribution is 0.135. The highest BCUT2D eigenvalue weighted by atomic mass is 35.5. The summed E-state index contributed by atoms with van der Waals surface area (Å²) in [6.07, 6.45) is 0.912. The summed E-state index contributed by atoms with van der Waals surface area (Å²) >= 11 is 1.56. The smallest absolute Gasteiger partial charge is 0.104 e. The number of rotatable bonds is 0. The van der Waals surface area contributed by atoms with Gasteiger partial charge in [0.15, 0.2) is 0 Å². The van der Waals surface area contributed by atoms with Crippen LogP contribution in [0.2, 0.25) is 0 Å². The van der Waals surface area contributed by atoms with Gasteiger partial charge in [-0.05, 0) is 32.9 Å². The molecule has 0 bridgehead atoms. The van der Waals surface area contributed by atoms with E-state index in [2.05, 4.69) is 31.9 Å². The van der Waals surface area contributed by atoms with Gasteiger partial charge in [0.05, 0.1) is 5.56 Å². The van der Waals surface area contributed by atoms with Crippen molar-refractivity contribution in [2.75, 3.05) is 12.8 Å². The molecule has 0 unspecified atom stereocenters. The van der Waals surface area contributed by atoms with Crippen molar-refractivity contribution in [1.82, 2.24) is 4.90 Å². The number of hydrogen-bond donors (Lipinski definition) is 1. The van der Waals surface area contributed by atoms with Gasteiger partial charge in [-0.1, -0.05) is 0 Å². The van der Waals surface area contributed by atoms with Crippen LogP contribution in [0.3, 0.4) is 0 Å². The predicted molar refractivity (Wildman–Crippen MR) is 69.9 cm³/mol. The second-order valence-electron chi connectivity index (χ2n) is 4.70. The van der Waals surface area contributed by atoms with E-state index in [1.165, 1.54) is 10.4 Å². The van der Waals surface area contributed by atoms with E-state index in [0.717, 1.165) is 13.0 Å². The molecule has 0 aliphatic carbocycles. The van der Waals surface area contributed by atoms with E-state index < -0.39 is 0 Å². The fourth-order valence-corrected chi connectivity index (χ4v) is 3.06. The Kier molecular flexibility index (Phi) is 3.53. The van der Waals surface area contributed by atoms with Crippen molar-refractivity contribution >= 4 is 28.7 Å². The fraction of sp³-hybridized carbons (Fsp3) is 0.545. The van der Waals surface area contributed by atoms with E-state index in [-0.39, 0.29) is 17.9 Å².